The maximum atomic E-state index is 10.9. The minimum absolute atomic E-state index is 0.0866. The van der Waals surface area contributed by atoms with E-state index in [1.165, 1.54) is 4.90 Å². The van der Waals surface area contributed by atoms with E-state index in [-0.39, 0.29) is 12.6 Å². The van der Waals surface area contributed by atoms with Crippen molar-refractivity contribution in [3.63, 3.8) is 0 Å². The molecule has 0 aromatic carbocycles. The molecule has 0 aliphatic carbocycles. The van der Waals surface area contributed by atoms with Gasteiger partial charge in [-0.1, -0.05) is 5.92 Å². The molecular formula is C7H12N2O2. The summed E-state index contributed by atoms with van der Waals surface area (Å²) in [5.74, 6) is 2.22. The van der Waals surface area contributed by atoms with Crippen molar-refractivity contribution in [3.8, 4) is 12.3 Å². The molecule has 0 atom stereocenters. The fourth-order valence-electron chi connectivity index (χ4n) is 0.361. The molecule has 0 saturated carbocycles. The second-order valence-electron chi connectivity index (χ2n) is 1.91. The van der Waals surface area contributed by atoms with Gasteiger partial charge in [-0.25, -0.2) is 10.3 Å². The Bertz CT molecular complexity index is 162. The molecule has 2 amide bonds. The van der Waals surface area contributed by atoms with Gasteiger partial charge in [0.05, 0.1) is 0 Å². The lowest BCUT2D eigenvalue weighted by molar-refractivity contribution is 0.0720. The van der Waals surface area contributed by atoms with Gasteiger partial charge in [-0.2, -0.15) is 0 Å². The molecule has 0 aliphatic heterocycles. The van der Waals surface area contributed by atoms with E-state index >= 15 is 0 Å². The third-order valence-electron chi connectivity index (χ3n) is 1.14. The van der Waals surface area contributed by atoms with Gasteiger partial charge < -0.3 is 4.90 Å². The Labute approximate surface area is 66.5 Å². The molecule has 0 aliphatic rings. The number of hydrogen-bond donors (Lipinski definition) is 1. The van der Waals surface area contributed by atoms with E-state index in [1.807, 2.05) is 6.92 Å². The van der Waals surface area contributed by atoms with Gasteiger partial charge in [-0.3, -0.25) is 4.84 Å². The van der Waals surface area contributed by atoms with Gasteiger partial charge in [0.15, 0.2) is 0 Å². The number of terminal acetylenes is 1. The third-order valence-corrected chi connectivity index (χ3v) is 1.14. The Morgan fingerprint density at radius 3 is 2.91 bits per heavy atom. The SMILES string of the molecule is C#CCONC(=O)N(C)CC. The van der Waals surface area contributed by atoms with Crippen LogP contribution in [0.5, 0.6) is 0 Å². The first-order valence-electron chi connectivity index (χ1n) is 3.28. The number of carbonyl (C=O) groups excluding carboxylic acids is 1. The zero-order valence-corrected chi connectivity index (χ0v) is 6.76. The highest BCUT2D eigenvalue weighted by atomic mass is 16.7. The number of hydrogen-bond acceptors (Lipinski definition) is 2. The standard InChI is InChI=1S/C7H12N2O2/c1-4-6-11-8-7(10)9(3)5-2/h1H,5-6H2,2-3H3,(H,8,10). The van der Waals surface area contributed by atoms with Crippen molar-refractivity contribution >= 4 is 6.03 Å². The molecule has 0 radical (unpaired) electrons. The van der Waals surface area contributed by atoms with Crippen LogP contribution in [0.4, 0.5) is 4.79 Å². The predicted octanol–water partition coefficient (Wildman–Crippen LogP) is 0.213. The number of carbonyl (C=O) groups is 1. The van der Waals surface area contributed by atoms with E-state index in [0.29, 0.717) is 6.54 Å². The quantitative estimate of drug-likeness (QED) is 0.360. The number of nitrogens with zero attached hydrogens (tertiary/aromatic N) is 1. The van der Waals surface area contributed by atoms with Crippen molar-refractivity contribution in [1.29, 1.82) is 0 Å². The van der Waals surface area contributed by atoms with Crippen LogP contribution in [0.15, 0.2) is 0 Å². The normalized spacial score (nSPS) is 8.45. The van der Waals surface area contributed by atoms with Crippen molar-refractivity contribution in [1.82, 2.24) is 10.4 Å². The zero-order valence-electron chi connectivity index (χ0n) is 6.76. The van der Waals surface area contributed by atoms with E-state index in [9.17, 15) is 4.79 Å². The van der Waals surface area contributed by atoms with Crippen LogP contribution in [0.2, 0.25) is 0 Å². The number of amides is 2. The summed E-state index contributed by atoms with van der Waals surface area (Å²) in [5.41, 5.74) is 2.18. The molecule has 0 aromatic heterocycles. The molecule has 0 aromatic rings. The van der Waals surface area contributed by atoms with Gasteiger partial charge in [0.1, 0.15) is 6.61 Å². The number of hydroxylamine groups is 1. The fraction of sp³-hybridized carbons (Fsp3) is 0.571. The summed E-state index contributed by atoms with van der Waals surface area (Å²) in [4.78, 5) is 16.9. The molecule has 1 N–H and O–H groups in total. The molecule has 4 heteroatoms. The Morgan fingerprint density at radius 1 is 1.82 bits per heavy atom. The third kappa shape index (κ3) is 4.23. The van der Waals surface area contributed by atoms with Gasteiger partial charge >= 0.3 is 6.03 Å². The summed E-state index contributed by atoms with van der Waals surface area (Å²) in [7, 11) is 1.66. The number of rotatable bonds is 3. The van der Waals surface area contributed by atoms with Crippen LogP contribution in [0, 0.1) is 12.3 Å². The minimum atomic E-state index is -0.289. The topological polar surface area (TPSA) is 41.6 Å². The molecule has 0 bridgehead atoms. The molecule has 0 heterocycles. The second kappa shape index (κ2) is 5.57. The summed E-state index contributed by atoms with van der Waals surface area (Å²) in [6, 6.07) is -0.289. The summed E-state index contributed by atoms with van der Waals surface area (Å²) >= 11 is 0. The van der Waals surface area contributed by atoms with Crippen molar-refractivity contribution in [2.75, 3.05) is 20.2 Å². The van der Waals surface area contributed by atoms with Crippen LogP contribution in [-0.2, 0) is 4.84 Å². The van der Waals surface area contributed by atoms with Gasteiger partial charge in [-0.15, -0.1) is 6.42 Å². The number of nitrogens with one attached hydrogen (secondary N) is 1. The van der Waals surface area contributed by atoms with E-state index in [1.54, 1.807) is 7.05 Å². The van der Waals surface area contributed by atoms with E-state index in [4.69, 9.17) is 6.42 Å². The van der Waals surface area contributed by atoms with Crippen LogP contribution >= 0.6 is 0 Å². The Balaban J connectivity index is 3.46. The lowest BCUT2D eigenvalue weighted by Gasteiger charge is -2.13. The Hall–Kier alpha value is -1.21. The van der Waals surface area contributed by atoms with Gasteiger partial charge in [0.25, 0.3) is 0 Å². The first-order valence-corrected chi connectivity index (χ1v) is 3.28. The molecule has 4 nitrogen and oxygen atoms in total. The molecule has 0 unspecified atom stereocenters. The van der Waals surface area contributed by atoms with Crippen LogP contribution in [-0.4, -0.2) is 31.1 Å². The fourth-order valence-corrected chi connectivity index (χ4v) is 0.361. The lowest BCUT2D eigenvalue weighted by atomic mass is 10.6. The minimum Gasteiger partial charge on any atom is -0.326 e. The van der Waals surface area contributed by atoms with Crippen LogP contribution in [0.3, 0.4) is 0 Å². The van der Waals surface area contributed by atoms with Gasteiger partial charge in [-0.05, 0) is 6.92 Å². The van der Waals surface area contributed by atoms with Crippen molar-refractivity contribution in [2.24, 2.45) is 0 Å². The van der Waals surface area contributed by atoms with Crippen molar-refractivity contribution in [3.05, 3.63) is 0 Å². The smallest absolute Gasteiger partial charge is 0.326 e. The first-order chi connectivity index (χ1) is 5.22. The first kappa shape index (κ1) is 9.79. The molecule has 0 fully saturated rings. The highest BCUT2D eigenvalue weighted by Gasteiger charge is 2.03. The number of urea groups is 1. The second-order valence-corrected chi connectivity index (χ2v) is 1.91. The van der Waals surface area contributed by atoms with Crippen LogP contribution in [0.25, 0.3) is 0 Å². The summed E-state index contributed by atoms with van der Waals surface area (Å²) in [6.07, 6.45) is 4.88. The van der Waals surface area contributed by atoms with Gasteiger partial charge in [0, 0.05) is 13.6 Å². The maximum Gasteiger partial charge on any atom is 0.341 e. The highest BCUT2D eigenvalue weighted by Crippen LogP contribution is 1.81. The Morgan fingerprint density at radius 2 is 2.45 bits per heavy atom. The molecule has 0 saturated heterocycles. The summed E-state index contributed by atoms with van der Waals surface area (Å²) < 4.78 is 0. The molecule has 0 spiro atoms. The monoisotopic (exact) mass is 156 g/mol. The molecule has 0 rings (SSSR count). The van der Waals surface area contributed by atoms with Gasteiger partial charge in [0.2, 0.25) is 0 Å². The van der Waals surface area contributed by atoms with E-state index in [2.05, 4.69) is 16.2 Å². The van der Waals surface area contributed by atoms with Crippen LogP contribution < -0.4 is 5.48 Å². The average molecular weight is 156 g/mol. The Kier molecular flexibility index (Phi) is 4.95. The summed E-state index contributed by atoms with van der Waals surface area (Å²) in [6.45, 7) is 2.58. The summed E-state index contributed by atoms with van der Waals surface area (Å²) in [5, 5.41) is 0. The predicted molar refractivity (Wildman–Crippen MR) is 41.6 cm³/mol. The molecular weight excluding hydrogens is 144 g/mol. The van der Waals surface area contributed by atoms with Crippen molar-refractivity contribution < 1.29 is 9.63 Å². The highest BCUT2D eigenvalue weighted by molar-refractivity contribution is 5.72. The van der Waals surface area contributed by atoms with E-state index in [0.717, 1.165) is 0 Å². The largest absolute Gasteiger partial charge is 0.341 e. The zero-order chi connectivity index (χ0) is 8.69. The maximum absolute atomic E-state index is 10.9. The lowest BCUT2D eigenvalue weighted by Crippen LogP contribution is -2.37. The van der Waals surface area contributed by atoms with E-state index < -0.39 is 0 Å². The van der Waals surface area contributed by atoms with Crippen molar-refractivity contribution in [2.45, 2.75) is 6.92 Å². The van der Waals surface area contributed by atoms with Crippen LogP contribution in [0.1, 0.15) is 6.92 Å². The average Bonchev–Trinajstić information content (AvgIpc) is 2.03. The molecule has 62 valence electrons. The molecule has 11 heavy (non-hydrogen) atoms.